The zero-order valence-corrected chi connectivity index (χ0v) is 8.73. The average Bonchev–Trinajstić information content (AvgIpc) is 2.15. The van der Waals surface area contributed by atoms with E-state index in [1.54, 1.807) is 0 Å². The molecule has 0 saturated carbocycles. The van der Waals surface area contributed by atoms with Gasteiger partial charge in [-0.3, -0.25) is 9.59 Å². The maximum Gasteiger partial charge on any atom is 0.351 e. The average molecular weight is 231 g/mol. The van der Waals surface area contributed by atoms with E-state index in [1.807, 2.05) is 5.48 Å². The van der Waals surface area contributed by atoms with Crippen LogP contribution in [0.3, 0.4) is 0 Å². The molecule has 0 aromatic carbocycles. The van der Waals surface area contributed by atoms with E-state index in [9.17, 15) is 14.4 Å². The summed E-state index contributed by atoms with van der Waals surface area (Å²) in [5.74, 6) is -3.21. The highest BCUT2D eigenvalue weighted by Crippen LogP contribution is 1.99. The molecule has 0 saturated heterocycles. The van der Waals surface area contributed by atoms with E-state index in [1.165, 1.54) is 6.92 Å². The van der Waals surface area contributed by atoms with Crippen LogP contribution < -0.4 is 5.48 Å². The zero-order chi connectivity index (χ0) is 12.7. The van der Waals surface area contributed by atoms with Crippen molar-refractivity contribution in [1.82, 2.24) is 5.48 Å². The lowest BCUT2D eigenvalue weighted by Gasteiger charge is -2.12. The second-order valence-corrected chi connectivity index (χ2v) is 3.11. The Bertz CT molecular complexity index is 311. The third-order valence-corrected chi connectivity index (χ3v) is 1.59. The first kappa shape index (κ1) is 14.1. The summed E-state index contributed by atoms with van der Waals surface area (Å²) < 4.78 is 0. The van der Waals surface area contributed by atoms with Crippen molar-refractivity contribution in [3.05, 3.63) is 12.2 Å². The molecule has 0 spiro atoms. The van der Waals surface area contributed by atoms with Crippen LogP contribution in [0, 0.1) is 0 Å². The van der Waals surface area contributed by atoms with E-state index in [0.29, 0.717) is 0 Å². The van der Waals surface area contributed by atoms with Crippen LogP contribution >= 0.6 is 0 Å². The van der Waals surface area contributed by atoms with Gasteiger partial charge in [-0.2, -0.15) is 0 Å². The number of carboxylic acid groups (broad SMARTS) is 2. The molecule has 0 aromatic rings. The number of carbonyl (C=O) groups is 3. The number of hydroxylamine groups is 1. The number of hydrogen-bond acceptors (Lipinski definition) is 5. The number of aliphatic carboxylic acids is 2. The summed E-state index contributed by atoms with van der Waals surface area (Å²) in [6, 6.07) is -1.25. The van der Waals surface area contributed by atoms with Crippen LogP contribution in [0.2, 0.25) is 0 Å². The first-order valence-corrected chi connectivity index (χ1v) is 4.41. The minimum absolute atomic E-state index is 0.106. The highest BCUT2D eigenvalue weighted by Gasteiger charge is 2.20. The lowest BCUT2D eigenvalue weighted by atomic mass is 10.2. The predicted octanol–water partition coefficient (Wildman–Crippen LogP) is -0.0717. The first-order valence-electron chi connectivity index (χ1n) is 4.41. The van der Waals surface area contributed by atoms with Gasteiger partial charge in [-0.25, -0.2) is 4.79 Å². The zero-order valence-electron chi connectivity index (χ0n) is 8.73. The van der Waals surface area contributed by atoms with Crippen molar-refractivity contribution < 1.29 is 29.4 Å². The topological polar surface area (TPSA) is 113 Å². The molecule has 7 nitrogen and oxygen atoms in total. The van der Waals surface area contributed by atoms with Crippen LogP contribution in [0.5, 0.6) is 0 Å². The molecule has 1 unspecified atom stereocenters. The quantitative estimate of drug-likeness (QED) is 0.415. The van der Waals surface area contributed by atoms with Gasteiger partial charge in [-0.05, 0) is 13.3 Å². The normalized spacial score (nSPS) is 11.6. The lowest BCUT2D eigenvalue weighted by molar-refractivity contribution is -0.154. The Morgan fingerprint density at radius 3 is 2.31 bits per heavy atom. The SMILES string of the molecule is C=C(C)C(=O)ONC(CCC(=O)O)C(=O)O. The third-order valence-electron chi connectivity index (χ3n) is 1.59. The molecule has 0 aliphatic carbocycles. The maximum atomic E-state index is 10.9. The van der Waals surface area contributed by atoms with Crippen LogP contribution in [0.15, 0.2) is 12.2 Å². The molecule has 0 amide bonds. The molecule has 3 N–H and O–H groups in total. The van der Waals surface area contributed by atoms with Gasteiger partial charge in [0.2, 0.25) is 0 Å². The number of carbonyl (C=O) groups excluding carboxylic acids is 1. The smallest absolute Gasteiger partial charge is 0.351 e. The molecule has 0 aromatic heterocycles. The van der Waals surface area contributed by atoms with Crippen LogP contribution in [0.25, 0.3) is 0 Å². The van der Waals surface area contributed by atoms with E-state index >= 15 is 0 Å². The van der Waals surface area contributed by atoms with Gasteiger partial charge in [-0.1, -0.05) is 6.58 Å². The lowest BCUT2D eigenvalue weighted by Crippen LogP contribution is -2.38. The van der Waals surface area contributed by atoms with Crippen molar-refractivity contribution in [1.29, 1.82) is 0 Å². The molecule has 0 fully saturated rings. The van der Waals surface area contributed by atoms with Gasteiger partial charge in [0.05, 0.1) is 0 Å². The Labute approximate surface area is 91.7 Å². The van der Waals surface area contributed by atoms with E-state index in [4.69, 9.17) is 10.2 Å². The van der Waals surface area contributed by atoms with Crippen LogP contribution in [-0.4, -0.2) is 34.2 Å². The maximum absolute atomic E-state index is 10.9. The van der Waals surface area contributed by atoms with Gasteiger partial charge in [0, 0.05) is 12.0 Å². The summed E-state index contributed by atoms with van der Waals surface area (Å²) in [6.07, 6.45) is -0.525. The molecule has 0 bridgehead atoms. The fraction of sp³-hybridized carbons (Fsp3) is 0.444. The van der Waals surface area contributed by atoms with Gasteiger partial charge in [-0.15, -0.1) is 5.48 Å². The molecular weight excluding hydrogens is 218 g/mol. The fourth-order valence-electron chi connectivity index (χ4n) is 0.712. The van der Waals surface area contributed by atoms with Crippen molar-refractivity contribution in [3.8, 4) is 0 Å². The number of carboxylic acids is 2. The second-order valence-electron chi connectivity index (χ2n) is 3.11. The molecule has 7 heteroatoms. The standard InChI is InChI=1S/C9H13NO6/c1-5(2)9(15)16-10-6(8(13)14)3-4-7(11)12/h6,10H,1,3-4H2,2H3,(H,11,12)(H,13,14). The summed E-state index contributed by atoms with van der Waals surface area (Å²) in [4.78, 5) is 36.2. The molecular formula is C9H13NO6. The minimum Gasteiger partial charge on any atom is -0.481 e. The van der Waals surface area contributed by atoms with Gasteiger partial charge >= 0.3 is 17.9 Å². The Hall–Kier alpha value is -1.89. The van der Waals surface area contributed by atoms with Gasteiger partial charge in [0.1, 0.15) is 6.04 Å². The minimum atomic E-state index is -1.30. The fourth-order valence-corrected chi connectivity index (χ4v) is 0.712. The number of nitrogens with one attached hydrogen (secondary N) is 1. The Balaban J connectivity index is 4.14. The van der Waals surface area contributed by atoms with E-state index in [0.717, 1.165) is 0 Å². The summed E-state index contributed by atoms with van der Waals surface area (Å²) in [5.41, 5.74) is 2.09. The summed E-state index contributed by atoms with van der Waals surface area (Å²) >= 11 is 0. The Morgan fingerprint density at radius 1 is 1.38 bits per heavy atom. The van der Waals surface area contributed by atoms with Crippen molar-refractivity contribution >= 4 is 17.9 Å². The summed E-state index contributed by atoms with van der Waals surface area (Å²) in [5, 5.41) is 17.0. The van der Waals surface area contributed by atoms with Crippen molar-refractivity contribution in [2.24, 2.45) is 0 Å². The van der Waals surface area contributed by atoms with Crippen molar-refractivity contribution in [2.75, 3.05) is 0 Å². The highest BCUT2D eigenvalue weighted by atomic mass is 16.7. The molecule has 1 atom stereocenters. The molecule has 0 aliphatic rings. The van der Waals surface area contributed by atoms with Crippen molar-refractivity contribution in [2.45, 2.75) is 25.8 Å². The second kappa shape index (κ2) is 6.57. The van der Waals surface area contributed by atoms with Crippen molar-refractivity contribution in [3.63, 3.8) is 0 Å². The number of rotatable bonds is 7. The molecule has 16 heavy (non-hydrogen) atoms. The molecule has 0 heterocycles. The highest BCUT2D eigenvalue weighted by molar-refractivity contribution is 5.87. The molecule has 0 rings (SSSR count). The summed E-state index contributed by atoms with van der Waals surface area (Å²) in [7, 11) is 0. The van der Waals surface area contributed by atoms with E-state index < -0.39 is 23.9 Å². The van der Waals surface area contributed by atoms with Crippen LogP contribution in [0.1, 0.15) is 19.8 Å². The molecule has 0 radical (unpaired) electrons. The molecule has 0 aliphatic heterocycles. The number of hydrogen-bond donors (Lipinski definition) is 3. The van der Waals surface area contributed by atoms with Gasteiger partial charge in [0.15, 0.2) is 0 Å². The molecule has 90 valence electrons. The summed E-state index contributed by atoms with van der Waals surface area (Å²) in [6.45, 7) is 4.70. The monoisotopic (exact) mass is 231 g/mol. The van der Waals surface area contributed by atoms with Crippen LogP contribution in [-0.2, 0) is 19.2 Å². The third kappa shape index (κ3) is 5.76. The van der Waals surface area contributed by atoms with E-state index in [-0.39, 0.29) is 18.4 Å². The Kier molecular flexibility index (Phi) is 5.79. The van der Waals surface area contributed by atoms with E-state index in [2.05, 4.69) is 11.4 Å². The van der Waals surface area contributed by atoms with Gasteiger partial charge < -0.3 is 15.1 Å². The Morgan fingerprint density at radius 2 is 1.94 bits per heavy atom. The van der Waals surface area contributed by atoms with Crippen LogP contribution in [0.4, 0.5) is 0 Å². The largest absolute Gasteiger partial charge is 0.481 e. The first-order chi connectivity index (χ1) is 7.34. The predicted molar refractivity (Wildman–Crippen MR) is 52.3 cm³/mol. The van der Waals surface area contributed by atoms with Gasteiger partial charge in [0.25, 0.3) is 0 Å².